The molecular weight excluding hydrogens is 356 g/mol. The Balaban J connectivity index is 1.59. The molecule has 0 aliphatic carbocycles. The Morgan fingerprint density at radius 3 is 2.43 bits per heavy atom. The van der Waals surface area contributed by atoms with Crippen molar-refractivity contribution in [1.29, 1.82) is 0 Å². The third kappa shape index (κ3) is 4.39. The van der Waals surface area contributed by atoms with E-state index in [4.69, 9.17) is 4.74 Å². The van der Waals surface area contributed by atoms with Gasteiger partial charge < -0.3 is 15.0 Å². The van der Waals surface area contributed by atoms with Crippen molar-refractivity contribution in [2.45, 2.75) is 26.3 Å². The van der Waals surface area contributed by atoms with Gasteiger partial charge in [0.2, 0.25) is 0 Å². The van der Waals surface area contributed by atoms with Gasteiger partial charge in [0.1, 0.15) is 6.04 Å². The van der Waals surface area contributed by atoms with Gasteiger partial charge in [0.05, 0.1) is 0 Å². The number of nitrogens with zero attached hydrogens (tertiary/aromatic N) is 1. The summed E-state index contributed by atoms with van der Waals surface area (Å²) in [5, 5.41) is 2.70. The largest absolute Gasteiger partial charge is 0.454 e. The van der Waals surface area contributed by atoms with Gasteiger partial charge in [0.15, 0.2) is 6.61 Å². The fraction of sp³-hybridized carbons (Fsp3) is 0.318. The summed E-state index contributed by atoms with van der Waals surface area (Å²) in [6.45, 7) is 3.86. The molecule has 0 aromatic heterocycles. The highest BCUT2D eigenvalue weighted by Crippen LogP contribution is 2.27. The first kappa shape index (κ1) is 19.6. The van der Waals surface area contributed by atoms with Gasteiger partial charge in [-0.15, -0.1) is 0 Å². The molecule has 0 unspecified atom stereocenters. The number of anilines is 1. The van der Waals surface area contributed by atoms with Crippen molar-refractivity contribution in [2.75, 3.05) is 18.1 Å². The quantitative estimate of drug-likeness (QED) is 0.782. The number of fused-ring (bicyclic) bond motifs is 1. The number of para-hydroxylation sites is 1. The topological polar surface area (TPSA) is 75.7 Å². The number of ether oxygens (including phenoxy) is 1. The second-order valence-corrected chi connectivity index (χ2v) is 7.09. The summed E-state index contributed by atoms with van der Waals surface area (Å²) < 4.78 is 5.25. The molecule has 2 amide bonds. The normalized spacial score (nSPS) is 13.8. The van der Waals surface area contributed by atoms with Crippen LogP contribution in [0, 0.1) is 5.92 Å². The van der Waals surface area contributed by atoms with Crippen LogP contribution in [0.4, 0.5) is 5.69 Å². The van der Waals surface area contributed by atoms with E-state index >= 15 is 0 Å². The first-order chi connectivity index (χ1) is 13.5. The van der Waals surface area contributed by atoms with Crippen LogP contribution in [-0.2, 0) is 20.7 Å². The van der Waals surface area contributed by atoms with E-state index in [1.165, 1.54) is 0 Å². The number of hydrogen-bond donors (Lipinski definition) is 1. The highest BCUT2D eigenvalue weighted by Gasteiger charge is 2.29. The standard InChI is InChI=1S/C22H24N2O4/c1-15(2)20(23-21(26)17-9-4-3-5-10-17)22(27)28-14-19(25)24-13-12-16-8-6-7-11-18(16)24/h3-11,15,20H,12-14H2,1-2H3,(H,23,26)/t20-/m0/s1. The monoisotopic (exact) mass is 380 g/mol. The minimum absolute atomic E-state index is 0.178. The first-order valence-electron chi connectivity index (χ1n) is 9.38. The lowest BCUT2D eigenvalue weighted by atomic mass is 10.0. The molecule has 1 heterocycles. The van der Waals surface area contributed by atoms with Gasteiger partial charge in [-0.25, -0.2) is 4.79 Å². The average molecular weight is 380 g/mol. The maximum atomic E-state index is 12.5. The number of carbonyl (C=O) groups is 3. The summed E-state index contributed by atoms with van der Waals surface area (Å²) in [5.74, 6) is -1.41. The van der Waals surface area contributed by atoms with Crippen molar-refractivity contribution in [3.05, 3.63) is 65.7 Å². The Labute approximate surface area is 164 Å². The Morgan fingerprint density at radius 2 is 1.71 bits per heavy atom. The molecule has 6 heteroatoms. The Hall–Kier alpha value is -3.15. The van der Waals surface area contributed by atoms with Crippen molar-refractivity contribution in [2.24, 2.45) is 5.92 Å². The van der Waals surface area contributed by atoms with E-state index < -0.39 is 12.0 Å². The van der Waals surface area contributed by atoms with Gasteiger partial charge >= 0.3 is 5.97 Å². The molecule has 1 atom stereocenters. The highest BCUT2D eigenvalue weighted by atomic mass is 16.5. The highest BCUT2D eigenvalue weighted by molar-refractivity contribution is 5.99. The number of esters is 1. The van der Waals surface area contributed by atoms with E-state index in [1.54, 1.807) is 29.2 Å². The van der Waals surface area contributed by atoms with E-state index in [-0.39, 0.29) is 24.3 Å². The van der Waals surface area contributed by atoms with E-state index in [1.807, 2.05) is 44.2 Å². The van der Waals surface area contributed by atoms with Gasteiger partial charge in [-0.05, 0) is 36.1 Å². The molecule has 2 aromatic rings. The van der Waals surface area contributed by atoms with Gasteiger partial charge in [0, 0.05) is 17.8 Å². The molecule has 146 valence electrons. The Morgan fingerprint density at radius 1 is 1.04 bits per heavy atom. The van der Waals surface area contributed by atoms with Crippen LogP contribution < -0.4 is 10.2 Å². The van der Waals surface area contributed by atoms with Crippen LogP contribution in [0.25, 0.3) is 0 Å². The van der Waals surface area contributed by atoms with Crippen molar-refractivity contribution in [1.82, 2.24) is 5.32 Å². The Kier molecular flexibility index (Phi) is 6.09. The van der Waals surface area contributed by atoms with E-state index in [0.29, 0.717) is 12.1 Å². The molecular formula is C22H24N2O4. The molecule has 0 spiro atoms. The number of hydrogen-bond acceptors (Lipinski definition) is 4. The predicted molar refractivity (Wildman–Crippen MR) is 106 cm³/mol. The zero-order chi connectivity index (χ0) is 20.1. The number of benzene rings is 2. The molecule has 28 heavy (non-hydrogen) atoms. The molecule has 1 aliphatic heterocycles. The van der Waals surface area contributed by atoms with Crippen LogP contribution >= 0.6 is 0 Å². The molecule has 3 rings (SSSR count). The van der Waals surface area contributed by atoms with Crippen LogP contribution in [0.5, 0.6) is 0 Å². The second kappa shape index (κ2) is 8.69. The summed E-state index contributed by atoms with van der Waals surface area (Å²) in [7, 11) is 0. The van der Waals surface area contributed by atoms with E-state index in [0.717, 1.165) is 17.7 Å². The third-order valence-corrected chi connectivity index (χ3v) is 4.77. The number of amides is 2. The van der Waals surface area contributed by atoms with Crippen molar-refractivity contribution >= 4 is 23.5 Å². The van der Waals surface area contributed by atoms with Crippen molar-refractivity contribution < 1.29 is 19.1 Å². The van der Waals surface area contributed by atoms with Crippen LogP contribution in [0.1, 0.15) is 29.8 Å². The molecule has 0 saturated heterocycles. The van der Waals surface area contributed by atoms with Crippen LogP contribution in [-0.4, -0.2) is 37.0 Å². The van der Waals surface area contributed by atoms with E-state index in [2.05, 4.69) is 5.32 Å². The average Bonchev–Trinajstić information content (AvgIpc) is 3.14. The third-order valence-electron chi connectivity index (χ3n) is 4.77. The van der Waals surface area contributed by atoms with Crippen molar-refractivity contribution in [3.8, 4) is 0 Å². The summed E-state index contributed by atoms with van der Waals surface area (Å²) in [5.41, 5.74) is 2.43. The smallest absolute Gasteiger partial charge is 0.329 e. The zero-order valence-corrected chi connectivity index (χ0v) is 16.1. The minimum Gasteiger partial charge on any atom is -0.454 e. The summed E-state index contributed by atoms with van der Waals surface area (Å²) in [4.78, 5) is 39.0. The van der Waals surface area contributed by atoms with Crippen LogP contribution in [0.2, 0.25) is 0 Å². The number of carbonyl (C=O) groups excluding carboxylic acids is 3. The lowest BCUT2D eigenvalue weighted by Crippen LogP contribution is -2.46. The van der Waals surface area contributed by atoms with Crippen molar-refractivity contribution in [3.63, 3.8) is 0 Å². The van der Waals surface area contributed by atoms with Gasteiger partial charge in [-0.3, -0.25) is 9.59 Å². The fourth-order valence-electron chi connectivity index (χ4n) is 3.21. The van der Waals surface area contributed by atoms with Gasteiger partial charge in [-0.1, -0.05) is 50.2 Å². The SMILES string of the molecule is CC(C)[C@H](NC(=O)c1ccccc1)C(=O)OCC(=O)N1CCc2ccccc21. The fourth-order valence-corrected chi connectivity index (χ4v) is 3.21. The molecule has 0 radical (unpaired) electrons. The molecule has 6 nitrogen and oxygen atoms in total. The number of nitrogens with one attached hydrogen (secondary N) is 1. The number of rotatable bonds is 6. The molecule has 0 fully saturated rings. The second-order valence-electron chi connectivity index (χ2n) is 7.09. The summed E-state index contributed by atoms with van der Waals surface area (Å²) in [6, 6.07) is 15.5. The molecule has 2 aromatic carbocycles. The first-order valence-corrected chi connectivity index (χ1v) is 9.38. The maximum absolute atomic E-state index is 12.5. The molecule has 1 aliphatic rings. The molecule has 0 saturated carbocycles. The van der Waals surface area contributed by atoms with Crippen LogP contribution in [0.15, 0.2) is 54.6 Å². The lowest BCUT2D eigenvalue weighted by molar-refractivity contribution is -0.150. The summed E-state index contributed by atoms with van der Waals surface area (Å²) in [6.07, 6.45) is 0.789. The van der Waals surface area contributed by atoms with Crippen LogP contribution in [0.3, 0.4) is 0 Å². The maximum Gasteiger partial charge on any atom is 0.329 e. The zero-order valence-electron chi connectivity index (χ0n) is 16.1. The predicted octanol–water partition coefficient (Wildman–Crippen LogP) is 2.57. The lowest BCUT2D eigenvalue weighted by Gasteiger charge is -2.22. The molecule has 0 bridgehead atoms. The van der Waals surface area contributed by atoms with Gasteiger partial charge in [-0.2, -0.15) is 0 Å². The molecule has 1 N–H and O–H groups in total. The van der Waals surface area contributed by atoms with Gasteiger partial charge in [0.25, 0.3) is 11.8 Å². The summed E-state index contributed by atoms with van der Waals surface area (Å²) >= 11 is 0. The minimum atomic E-state index is -0.827. The Bertz CT molecular complexity index is 864. The van der Waals surface area contributed by atoms with E-state index in [9.17, 15) is 14.4 Å².